The number of halogens is 3. The molecule has 1 aliphatic carbocycles. The van der Waals surface area contributed by atoms with E-state index in [1.54, 1.807) is 12.0 Å². The van der Waals surface area contributed by atoms with Gasteiger partial charge >= 0.3 is 19.5 Å². The van der Waals surface area contributed by atoms with E-state index in [1.165, 1.54) is 6.07 Å². The number of hydrogen-bond acceptors (Lipinski definition) is 10. The number of carboxylic acids is 1. The third-order valence-electron chi connectivity index (χ3n) is 8.76. The summed E-state index contributed by atoms with van der Waals surface area (Å²) in [6.07, 6.45) is 5.68. The predicted octanol–water partition coefficient (Wildman–Crippen LogP) is 6.30. The molecule has 322 valence electrons. The molecular weight excluding hydrogens is 823 g/mol. The zero-order valence-corrected chi connectivity index (χ0v) is 35.8. The molecule has 1 aliphatic heterocycles. The average Bonchev–Trinajstić information content (AvgIpc) is 3.42. The van der Waals surface area contributed by atoms with Gasteiger partial charge in [-0.3, -0.25) is 29.1 Å². The Kier molecular flexibility index (Phi) is 21.6. The minimum absolute atomic E-state index is 0.000883. The van der Waals surface area contributed by atoms with Gasteiger partial charge in [-0.25, -0.2) is 14.1 Å². The van der Waals surface area contributed by atoms with E-state index in [2.05, 4.69) is 18.3 Å². The second-order valence-electron chi connectivity index (χ2n) is 13.3. The molecule has 0 radical (unpaired) electrons. The van der Waals surface area contributed by atoms with E-state index < -0.39 is 56.6 Å². The summed E-state index contributed by atoms with van der Waals surface area (Å²) in [4.78, 5) is 78.1. The Hall–Kier alpha value is -3.89. The van der Waals surface area contributed by atoms with Crippen molar-refractivity contribution in [1.82, 2.24) is 5.32 Å². The van der Waals surface area contributed by atoms with E-state index in [9.17, 15) is 32.9 Å². The van der Waals surface area contributed by atoms with Crippen LogP contribution in [-0.4, -0.2) is 96.2 Å². The highest BCUT2D eigenvalue weighted by Gasteiger charge is 2.41. The maximum absolute atomic E-state index is 14.5. The smallest absolute Gasteiger partial charge is 0.344 e. The van der Waals surface area contributed by atoms with Gasteiger partial charge in [0.1, 0.15) is 17.4 Å². The number of carboxylic acid groups (broad SMARTS) is 1. The summed E-state index contributed by atoms with van der Waals surface area (Å²) in [5.41, 5.74) is 3.88. The standard InChI is InChI=1S/C21H23ClFNO5.C15H22ClNO2.C3H8NO5P/c1-2-3-6-9-28-19(25)12-29-18-11-17(16(23)10-15(18)22)24-20(26)13-7-4-5-8-14(13)21(24)27;1-5-13-8-6-7-11(2)15(13)17(14(18)9-16)12(3)10-19-4;5-3(6)1-4-2-10(7,8)9/h10-11H,2-9,12H2,1H3;6-8,12H,5,9-10H2,1-4H3;4H,1-2H2,(H,5,6)(H2,7,8,9). The van der Waals surface area contributed by atoms with Crippen LogP contribution in [0.1, 0.15) is 76.8 Å². The molecule has 1 unspecified atom stereocenters. The van der Waals surface area contributed by atoms with Gasteiger partial charge in [-0.15, -0.1) is 11.6 Å². The number of hydrogen-bond donors (Lipinski definition) is 4. The highest BCUT2D eigenvalue weighted by molar-refractivity contribution is 7.51. The summed E-state index contributed by atoms with van der Waals surface area (Å²) in [5.74, 6) is -3.66. The van der Waals surface area contributed by atoms with Crippen molar-refractivity contribution >= 4 is 71.8 Å². The number of anilines is 2. The Bertz CT molecular complexity index is 1810. The number of para-hydroxylation sites is 1. The second kappa shape index (κ2) is 24.9. The van der Waals surface area contributed by atoms with Crippen molar-refractivity contribution in [2.24, 2.45) is 0 Å². The number of aryl methyl sites for hydroxylation is 2. The number of carbonyl (C=O) groups excluding carboxylic acids is 4. The molecule has 0 saturated carbocycles. The molecule has 2 aliphatic rings. The van der Waals surface area contributed by atoms with Crippen LogP contribution in [0, 0.1) is 12.7 Å². The summed E-state index contributed by atoms with van der Waals surface area (Å²) in [6.45, 7) is 8.05. The van der Waals surface area contributed by atoms with Crippen LogP contribution in [0.25, 0.3) is 0 Å². The fourth-order valence-corrected chi connectivity index (χ4v) is 6.84. The van der Waals surface area contributed by atoms with Gasteiger partial charge in [-0.1, -0.05) is 56.5 Å². The van der Waals surface area contributed by atoms with Crippen molar-refractivity contribution in [1.29, 1.82) is 0 Å². The molecule has 0 fully saturated rings. The number of unbranched alkanes of at least 4 members (excludes halogenated alkanes) is 2. The molecule has 4 rings (SSSR count). The van der Waals surface area contributed by atoms with Crippen molar-refractivity contribution in [2.45, 2.75) is 85.1 Å². The fraction of sp³-hybridized carbons (Fsp3) is 0.513. The molecule has 1 atom stereocenters. The van der Waals surface area contributed by atoms with Crippen LogP contribution in [-0.2, 0) is 44.4 Å². The SMILES string of the molecule is CCCCCOC(=O)COc1cc(N2C(=O)C3=C(CCCC3)C2=O)c(F)cc1Cl.CCc1cccc(C)c1N(C(=O)CCl)C(C)COC.O=C(O)CNCP(=O)(O)O. The Morgan fingerprint density at radius 1 is 1.07 bits per heavy atom. The Labute approximate surface area is 347 Å². The summed E-state index contributed by atoms with van der Waals surface area (Å²) in [5, 5.41) is 9.99. The van der Waals surface area contributed by atoms with Crippen LogP contribution < -0.4 is 19.9 Å². The lowest BCUT2D eigenvalue weighted by Crippen LogP contribution is -2.43. The number of alkyl halides is 1. The van der Waals surface area contributed by atoms with Crippen LogP contribution in [0.4, 0.5) is 15.8 Å². The monoisotopic (exact) mass is 875 g/mol. The zero-order valence-electron chi connectivity index (χ0n) is 33.4. The first-order valence-electron chi connectivity index (χ1n) is 18.7. The molecule has 58 heavy (non-hydrogen) atoms. The molecule has 1 heterocycles. The number of imide groups is 1. The summed E-state index contributed by atoms with van der Waals surface area (Å²) in [6, 6.07) is 8.19. The number of aliphatic carboxylic acids is 1. The second-order valence-corrected chi connectivity index (χ2v) is 15.7. The third kappa shape index (κ3) is 15.4. The van der Waals surface area contributed by atoms with E-state index in [4.69, 9.17) is 52.3 Å². The van der Waals surface area contributed by atoms with Gasteiger partial charge in [0.25, 0.3) is 11.8 Å². The third-order valence-corrected chi connectivity index (χ3v) is 9.92. The number of rotatable bonds is 18. The lowest BCUT2D eigenvalue weighted by molar-refractivity contribution is -0.146. The first kappa shape index (κ1) is 50.3. The van der Waals surface area contributed by atoms with Gasteiger partial charge in [-0.2, -0.15) is 0 Å². The largest absolute Gasteiger partial charge is 0.480 e. The zero-order chi connectivity index (χ0) is 43.6. The summed E-state index contributed by atoms with van der Waals surface area (Å²) < 4.78 is 40.2. The van der Waals surface area contributed by atoms with Crippen LogP contribution >= 0.6 is 30.8 Å². The molecule has 0 bridgehead atoms. The molecule has 2 aromatic rings. The van der Waals surface area contributed by atoms with E-state index >= 15 is 0 Å². The van der Waals surface area contributed by atoms with Crippen LogP contribution in [0.3, 0.4) is 0 Å². The number of amides is 3. The van der Waals surface area contributed by atoms with Gasteiger partial charge < -0.3 is 34.0 Å². The maximum Gasteiger partial charge on any atom is 0.344 e. The highest BCUT2D eigenvalue weighted by Crippen LogP contribution is 2.39. The number of nitrogens with zero attached hydrogens (tertiary/aromatic N) is 2. The van der Waals surface area contributed by atoms with E-state index in [0.717, 1.165) is 66.3 Å². The molecule has 2 aromatic carbocycles. The molecule has 15 nitrogen and oxygen atoms in total. The molecule has 19 heteroatoms. The maximum atomic E-state index is 14.5. The molecule has 0 spiro atoms. The molecule has 3 amide bonds. The van der Waals surface area contributed by atoms with E-state index in [-0.39, 0.29) is 34.3 Å². The van der Waals surface area contributed by atoms with Crippen molar-refractivity contribution in [2.75, 3.05) is 55.4 Å². The van der Waals surface area contributed by atoms with Gasteiger partial charge in [0.2, 0.25) is 5.91 Å². The lowest BCUT2D eigenvalue weighted by Gasteiger charge is -2.31. The first-order valence-corrected chi connectivity index (χ1v) is 21.4. The molecule has 0 saturated heterocycles. The molecule has 0 aromatic heterocycles. The summed E-state index contributed by atoms with van der Waals surface area (Å²) in [7, 11) is -2.46. The van der Waals surface area contributed by atoms with Crippen molar-refractivity contribution < 1.29 is 62.0 Å². The number of carbonyl (C=O) groups is 5. The van der Waals surface area contributed by atoms with Crippen molar-refractivity contribution in [3.05, 3.63) is 63.4 Å². The van der Waals surface area contributed by atoms with Gasteiger partial charge in [0.15, 0.2) is 6.61 Å². The minimum atomic E-state index is -4.10. The predicted molar refractivity (Wildman–Crippen MR) is 218 cm³/mol. The molecule has 4 N–H and O–H groups in total. The highest BCUT2D eigenvalue weighted by atomic mass is 35.5. The normalized spacial score (nSPS) is 14.1. The van der Waals surface area contributed by atoms with Crippen LogP contribution in [0.2, 0.25) is 5.02 Å². The van der Waals surface area contributed by atoms with Crippen molar-refractivity contribution in [3.8, 4) is 5.75 Å². The fourth-order valence-electron chi connectivity index (χ4n) is 6.10. The van der Waals surface area contributed by atoms with Gasteiger partial charge in [0.05, 0.1) is 48.5 Å². The van der Waals surface area contributed by atoms with E-state index in [0.29, 0.717) is 37.2 Å². The summed E-state index contributed by atoms with van der Waals surface area (Å²) >= 11 is 11.8. The number of nitrogens with one attached hydrogen (secondary N) is 1. The number of benzene rings is 2. The molecular formula is C39H53Cl2FN3O12P. The van der Waals surface area contributed by atoms with Gasteiger partial charge in [0, 0.05) is 24.3 Å². The van der Waals surface area contributed by atoms with Gasteiger partial charge in [-0.05, 0) is 69.6 Å². The lowest BCUT2D eigenvalue weighted by atomic mass is 9.93. The Balaban J connectivity index is 0.000000343. The average molecular weight is 877 g/mol. The Morgan fingerprint density at radius 3 is 2.24 bits per heavy atom. The number of esters is 1. The first-order chi connectivity index (χ1) is 27.4. The topological polar surface area (TPSA) is 209 Å². The minimum Gasteiger partial charge on any atom is -0.480 e. The van der Waals surface area contributed by atoms with E-state index in [1.807, 2.05) is 32.9 Å². The van der Waals surface area contributed by atoms with Crippen LogP contribution in [0.15, 0.2) is 41.5 Å². The quantitative estimate of drug-likeness (QED) is 0.0427. The number of methoxy groups -OCH3 is 1. The number of ether oxygens (including phenoxy) is 3. The van der Waals surface area contributed by atoms with Crippen molar-refractivity contribution in [3.63, 3.8) is 0 Å². The Morgan fingerprint density at radius 2 is 1.71 bits per heavy atom. The van der Waals surface area contributed by atoms with Crippen LogP contribution in [0.5, 0.6) is 5.75 Å².